The molecule has 0 radical (unpaired) electrons. The highest BCUT2D eigenvalue weighted by Gasteiger charge is 2.14. The van der Waals surface area contributed by atoms with Crippen LogP contribution in [0.3, 0.4) is 0 Å². The summed E-state index contributed by atoms with van der Waals surface area (Å²) >= 11 is 3.29. The second-order valence-corrected chi connectivity index (χ2v) is 7.47. The zero-order chi connectivity index (χ0) is 23.6. The highest BCUT2D eigenvalue weighted by molar-refractivity contribution is 9.10. The smallest absolute Gasteiger partial charge is 0.343 e. The molecule has 9 heteroatoms. The van der Waals surface area contributed by atoms with Gasteiger partial charge in [-0.1, -0.05) is 34.1 Å². The van der Waals surface area contributed by atoms with Crippen molar-refractivity contribution in [2.75, 3.05) is 11.9 Å². The Kier molecular flexibility index (Phi) is 8.31. The van der Waals surface area contributed by atoms with Crippen LogP contribution >= 0.6 is 15.9 Å². The zero-order valence-electron chi connectivity index (χ0n) is 17.6. The Bertz CT molecular complexity index is 1160. The van der Waals surface area contributed by atoms with Gasteiger partial charge in [0, 0.05) is 10.2 Å². The third-order valence-electron chi connectivity index (χ3n) is 4.17. The molecule has 3 aromatic carbocycles. The molecule has 0 aliphatic heterocycles. The highest BCUT2D eigenvalue weighted by atomic mass is 79.9. The molecule has 0 saturated carbocycles. The molecule has 0 spiro atoms. The number of nitrogens with zero attached hydrogens (tertiary/aromatic N) is 1. The lowest BCUT2D eigenvalue weighted by Gasteiger charge is -2.11. The molecule has 0 heterocycles. The van der Waals surface area contributed by atoms with Crippen LogP contribution in [0.1, 0.15) is 22.8 Å². The van der Waals surface area contributed by atoms with Crippen LogP contribution in [-0.2, 0) is 9.59 Å². The van der Waals surface area contributed by atoms with Crippen molar-refractivity contribution in [1.29, 1.82) is 0 Å². The van der Waals surface area contributed by atoms with Gasteiger partial charge in [-0.15, -0.1) is 0 Å². The number of hydrogen-bond donors (Lipinski definition) is 2. The first-order valence-corrected chi connectivity index (χ1v) is 10.7. The summed E-state index contributed by atoms with van der Waals surface area (Å²) in [7, 11) is 0. The quantitative estimate of drug-likeness (QED) is 0.163. The summed E-state index contributed by atoms with van der Waals surface area (Å²) in [4.78, 5) is 36.2. The van der Waals surface area contributed by atoms with Crippen molar-refractivity contribution in [3.63, 3.8) is 0 Å². The van der Waals surface area contributed by atoms with Crippen molar-refractivity contribution in [2.45, 2.75) is 6.92 Å². The van der Waals surface area contributed by atoms with Gasteiger partial charge in [0.05, 0.1) is 18.4 Å². The molecule has 0 aliphatic rings. The molecule has 0 saturated heterocycles. The van der Waals surface area contributed by atoms with Crippen molar-refractivity contribution in [1.82, 2.24) is 5.43 Å². The summed E-state index contributed by atoms with van der Waals surface area (Å²) in [5.74, 6) is -1.70. The molecule has 33 heavy (non-hydrogen) atoms. The summed E-state index contributed by atoms with van der Waals surface area (Å²) < 4.78 is 11.9. The first-order valence-electron chi connectivity index (χ1n) is 9.90. The Morgan fingerprint density at radius 1 is 0.939 bits per heavy atom. The van der Waals surface area contributed by atoms with E-state index >= 15 is 0 Å². The predicted octanol–water partition coefficient (Wildman–Crippen LogP) is 4.16. The summed E-state index contributed by atoms with van der Waals surface area (Å²) in [5.41, 5.74) is 3.62. The third-order valence-corrected chi connectivity index (χ3v) is 4.70. The van der Waals surface area contributed by atoms with Crippen LogP contribution in [-0.4, -0.2) is 30.6 Å². The van der Waals surface area contributed by atoms with Gasteiger partial charge < -0.3 is 14.8 Å². The molecule has 3 aromatic rings. The SMILES string of the molecule is CCOc1cc(/C=N/NC(=O)C(=O)Nc2ccc(Br)cc2)ccc1OC(=O)c1ccccc1. The monoisotopic (exact) mass is 509 g/mol. The maximum Gasteiger partial charge on any atom is 0.343 e. The van der Waals surface area contributed by atoms with E-state index in [9.17, 15) is 14.4 Å². The van der Waals surface area contributed by atoms with Gasteiger partial charge in [0.15, 0.2) is 11.5 Å². The van der Waals surface area contributed by atoms with Crippen LogP contribution < -0.4 is 20.2 Å². The summed E-state index contributed by atoms with van der Waals surface area (Å²) in [6, 6.07) is 20.2. The largest absolute Gasteiger partial charge is 0.490 e. The second kappa shape index (κ2) is 11.6. The Morgan fingerprint density at radius 3 is 2.36 bits per heavy atom. The number of ether oxygens (including phenoxy) is 2. The number of amides is 2. The standard InChI is InChI=1S/C24H20BrN3O5/c1-2-32-21-14-16(8-13-20(21)33-24(31)17-6-4-3-5-7-17)15-26-28-23(30)22(29)27-19-11-9-18(25)10-12-19/h3-15H,2H2,1H3,(H,27,29)(H,28,30)/b26-15+. The van der Waals surface area contributed by atoms with E-state index in [1.54, 1.807) is 79.7 Å². The number of carbonyl (C=O) groups is 3. The van der Waals surface area contributed by atoms with Gasteiger partial charge in [-0.25, -0.2) is 10.2 Å². The Balaban J connectivity index is 1.62. The first kappa shape index (κ1) is 23.7. The topological polar surface area (TPSA) is 106 Å². The fraction of sp³-hybridized carbons (Fsp3) is 0.0833. The van der Waals surface area contributed by atoms with E-state index in [1.165, 1.54) is 6.21 Å². The first-order chi connectivity index (χ1) is 16.0. The minimum Gasteiger partial charge on any atom is -0.490 e. The van der Waals surface area contributed by atoms with Crippen molar-refractivity contribution < 1.29 is 23.9 Å². The molecule has 2 amide bonds. The lowest BCUT2D eigenvalue weighted by Crippen LogP contribution is -2.32. The van der Waals surface area contributed by atoms with Gasteiger partial charge in [-0.3, -0.25) is 9.59 Å². The fourth-order valence-electron chi connectivity index (χ4n) is 2.63. The highest BCUT2D eigenvalue weighted by Crippen LogP contribution is 2.29. The van der Waals surface area contributed by atoms with Crippen LogP contribution in [0.2, 0.25) is 0 Å². The van der Waals surface area contributed by atoms with E-state index in [0.717, 1.165) is 4.47 Å². The molecular formula is C24H20BrN3O5. The lowest BCUT2D eigenvalue weighted by molar-refractivity contribution is -0.136. The molecule has 2 N–H and O–H groups in total. The molecule has 0 aliphatic carbocycles. The Labute approximate surface area is 198 Å². The minimum absolute atomic E-state index is 0.251. The number of benzene rings is 3. The molecule has 0 atom stereocenters. The number of halogens is 1. The van der Waals surface area contributed by atoms with Gasteiger partial charge >= 0.3 is 17.8 Å². The van der Waals surface area contributed by atoms with E-state index in [2.05, 4.69) is 31.8 Å². The van der Waals surface area contributed by atoms with E-state index in [4.69, 9.17) is 9.47 Å². The molecule has 0 unspecified atom stereocenters. The maximum absolute atomic E-state index is 12.3. The van der Waals surface area contributed by atoms with Gasteiger partial charge in [0.2, 0.25) is 0 Å². The summed E-state index contributed by atoms with van der Waals surface area (Å²) in [6.45, 7) is 2.15. The van der Waals surface area contributed by atoms with Crippen molar-refractivity contribution in [2.24, 2.45) is 5.10 Å². The number of hydrogen-bond acceptors (Lipinski definition) is 6. The number of rotatable bonds is 7. The molecule has 3 rings (SSSR count). The van der Waals surface area contributed by atoms with Gasteiger partial charge in [-0.05, 0) is 67.1 Å². The normalized spacial score (nSPS) is 10.5. The summed E-state index contributed by atoms with van der Waals surface area (Å²) in [5, 5.41) is 6.27. The van der Waals surface area contributed by atoms with Crippen molar-refractivity contribution in [3.8, 4) is 11.5 Å². The van der Waals surface area contributed by atoms with E-state index in [0.29, 0.717) is 29.2 Å². The molecule has 168 valence electrons. The van der Waals surface area contributed by atoms with Crippen molar-refractivity contribution >= 4 is 45.6 Å². The Hall–Kier alpha value is -3.98. The molecular weight excluding hydrogens is 490 g/mol. The maximum atomic E-state index is 12.3. The zero-order valence-corrected chi connectivity index (χ0v) is 19.2. The predicted molar refractivity (Wildman–Crippen MR) is 128 cm³/mol. The minimum atomic E-state index is -0.924. The van der Waals surface area contributed by atoms with Crippen LogP contribution in [0.5, 0.6) is 11.5 Å². The number of esters is 1. The number of anilines is 1. The average Bonchev–Trinajstić information content (AvgIpc) is 2.82. The van der Waals surface area contributed by atoms with Gasteiger partial charge in [-0.2, -0.15) is 5.10 Å². The van der Waals surface area contributed by atoms with E-state index in [1.807, 2.05) is 0 Å². The summed E-state index contributed by atoms with van der Waals surface area (Å²) in [6.07, 6.45) is 1.34. The molecule has 8 nitrogen and oxygen atoms in total. The van der Waals surface area contributed by atoms with Gasteiger partial charge in [0.1, 0.15) is 0 Å². The van der Waals surface area contributed by atoms with E-state index in [-0.39, 0.29) is 5.75 Å². The molecule has 0 bridgehead atoms. The van der Waals surface area contributed by atoms with Crippen LogP contribution in [0.15, 0.2) is 82.4 Å². The van der Waals surface area contributed by atoms with Gasteiger partial charge in [0.25, 0.3) is 0 Å². The Morgan fingerprint density at radius 2 is 1.67 bits per heavy atom. The second-order valence-electron chi connectivity index (χ2n) is 6.55. The van der Waals surface area contributed by atoms with Crippen LogP contribution in [0, 0.1) is 0 Å². The number of nitrogens with one attached hydrogen (secondary N) is 2. The molecule has 0 fully saturated rings. The third kappa shape index (κ3) is 7.01. The number of carbonyl (C=O) groups excluding carboxylic acids is 3. The average molecular weight is 510 g/mol. The number of hydrazone groups is 1. The fourth-order valence-corrected chi connectivity index (χ4v) is 2.89. The van der Waals surface area contributed by atoms with Crippen LogP contribution in [0.25, 0.3) is 0 Å². The van der Waals surface area contributed by atoms with Crippen molar-refractivity contribution in [3.05, 3.63) is 88.4 Å². The lowest BCUT2D eigenvalue weighted by atomic mass is 10.2. The van der Waals surface area contributed by atoms with E-state index < -0.39 is 17.8 Å². The molecule has 0 aromatic heterocycles. The van der Waals surface area contributed by atoms with Crippen LogP contribution in [0.4, 0.5) is 5.69 Å².